The van der Waals surface area contributed by atoms with Gasteiger partial charge in [0.25, 0.3) is 5.91 Å². The average Bonchev–Trinajstić information content (AvgIpc) is 2.82. The summed E-state index contributed by atoms with van der Waals surface area (Å²) in [5.41, 5.74) is 2.86. The van der Waals surface area contributed by atoms with Crippen molar-refractivity contribution in [2.75, 3.05) is 0 Å². The van der Waals surface area contributed by atoms with Gasteiger partial charge in [0.05, 0.1) is 6.04 Å². The van der Waals surface area contributed by atoms with E-state index in [9.17, 15) is 10.0 Å². The summed E-state index contributed by atoms with van der Waals surface area (Å²) in [4.78, 5) is 12.1. The summed E-state index contributed by atoms with van der Waals surface area (Å²) in [6.07, 6.45) is 4.55. The van der Waals surface area contributed by atoms with Crippen LogP contribution in [-0.2, 0) is 6.42 Å². The van der Waals surface area contributed by atoms with E-state index in [0.717, 1.165) is 12.8 Å². The molecule has 4 nitrogen and oxygen atoms in total. The summed E-state index contributed by atoms with van der Waals surface area (Å²) >= 11 is 0. The number of rotatable bonds is 2. The van der Waals surface area contributed by atoms with Gasteiger partial charge in [-0.2, -0.15) is 4.73 Å². The molecule has 96 valence electrons. The second kappa shape index (κ2) is 4.72. The molecule has 0 fully saturated rings. The number of pyridine rings is 1. The molecule has 1 amide bonds. The zero-order valence-electron chi connectivity index (χ0n) is 10.4. The van der Waals surface area contributed by atoms with Crippen LogP contribution in [0.5, 0.6) is 0 Å². The molecule has 19 heavy (non-hydrogen) atoms. The van der Waals surface area contributed by atoms with Gasteiger partial charge in [-0.25, -0.2) is 0 Å². The topological polar surface area (TPSA) is 56.0 Å². The van der Waals surface area contributed by atoms with E-state index < -0.39 is 0 Å². The van der Waals surface area contributed by atoms with E-state index in [1.807, 2.05) is 18.2 Å². The number of carbonyl (C=O) groups excluding carboxylic acids is 1. The van der Waals surface area contributed by atoms with Crippen molar-refractivity contribution in [2.45, 2.75) is 18.9 Å². The minimum atomic E-state index is -0.202. The lowest BCUT2D eigenvalue weighted by atomic mass is 10.1. The van der Waals surface area contributed by atoms with E-state index >= 15 is 0 Å². The Labute approximate surface area is 111 Å². The maximum absolute atomic E-state index is 12.1. The maximum atomic E-state index is 12.1. The number of nitrogens with zero attached hydrogens (tertiary/aromatic N) is 1. The van der Waals surface area contributed by atoms with Crippen molar-refractivity contribution >= 4 is 5.91 Å². The number of hydrogen-bond acceptors (Lipinski definition) is 2. The molecule has 0 bridgehead atoms. The number of nitrogens with one attached hydrogen (secondary N) is 1. The lowest BCUT2D eigenvalue weighted by molar-refractivity contribution is -0.605. The van der Waals surface area contributed by atoms with E-state index in [2.05, 4.69) is 11.4 Å². The third-order valence-electron chi connectivity index (χ3n) is 3.48. The van der Waals surface area contributed by atoms with Gasteiger partial charge in [0.1, 0.15) is 5.56 Å². The quantitative estimate of drug-likeness (QED) is 0.655. The SMILES string of the molecule is O=C(N[C@@H]1CCc2ccccc21)c1ccc[n+]([O-])c1. The first-order valence-electron chi connectivity index (χ1n) is 6.31. The van der Waals surface area contributed by atoms with Crippen molar-refractivity contribution < 1.29 is 9.52 Å². The molecular weight excluding hydrogens is 240 g/mol. The summed E-state index contributed by atoms with van der Waals surface area (Å²) in [6.45, 7) is 0. The fourth-order valence-corrected chi connectivity index (χ4v) is 2.54. The zero-order chi connectivity index (χ0) is 13.2. The van der Waals surface area contributed by atoms with Gasteiger partial charge in [0.2, 0.25) is 0 Å². The monoisotopic (exact) mass is 254 g/mol. The lowest BCUT2D eigenvalue weighted by Crippen LogP contribution is -2.31. The highest BCUT2D eigenvalue weighted by atomic mass is 16.5. The van der Waals surface area contributed by atoms with Crippen LogP contribution in [0.1, 0.15) is 33.9 Å². The van der Waals surface area contributed by atoms with Crippen molar-refractivity contribution in [3.63, 3.8) is 0 Å². The normalized spacial score (nSPS) is 16.9. The van der Waals surface area contributed by atoms with E-state index in [0.29, 0.717) is 10.3 Å². The molecule has 1 aliphatic carbocycles. The van der Waals surface area contributed by atoms with Crippen LogP contribution >= 0.6 is 0 Å². The number of aromatic nitrogens is 1. The van der Waals surface area contributed by atoms with Crippen molar-refractivity contribution in [1.82, 2.24) is 5.32 Å². The van der Waals surface area contributed by atoms with Crippen LogP contribution < -0.4 is 10.0 Å². The van der Waals surface area contributed by atoms with Crippen molar-refractivity contribution in [2.24, 2.45) is 0 Å². The molecule has 1 aromatic heterocycles. The molecule has 0 saturated heterocycles. The fraction of sp³-hybridized carbons (Fsp3) is 0.200. The molecule has 1 N–H and O–H groups in total. The molecule has 1 aliphatic rings. The molecule has 2 aromatic rings. The van der Waals surface area contributed by atoms with Gasteiger partial charge in [0, 0.05) is 6.07 Å². The molecule has 3 rings (SSSR count). The molecule has 1 atom stereocenters. The van der Waals surface area contributed by atoms with Gasteiger partial charge >= 0.3 is 0 Å². The standard InChI is InChI=1S/C15H14N2O2/c18-15(12-5-3-9-17(19)10-12)16-14-8-7-11-4-1-2-6-13(11)14/h1-6,9-10,14H,7-8H2,(H,16,18)/t14-/m1/s1. The van der Waals surface area contributed by atoms with E-state index in [4.69, 9.17) is 0 Å². The zero-order valence-corrected chi connectivity index (χ0v) is 10.4. The minimum absolute atomic E-state index is 0.0454. The second-order valence-corrected chi connectivity index (χ2v) is 4.72. The Morgan fingerprint density at radius 3 is 2.95 bits per heavy atom. The van der Waals surface area contributed by atoms with Gasteiger partial charge < -0.3 is 10.5 Å². The molecule has 0 unspecified atom stereocenters. The van der Waals surface area contributed by atoms with Crippen LogP contribution in [0.25, 0.3) is 0 Å². The van der Waals surface area contributed by atoms with Crippen molar-refractivity contribution in [3.8, 4) is 0 Å². The highest BCUT2D eigenvalue weighted by Gasteiger charge is 2.24. The molecule has 1 heterocycles. The van der Waals surface area contributed by atoms with Gasteiger partial charge in [-0.15, -0.1) is 0 Å². The third-order valence-corrected chi connectivity index (χ3v) is 3.48. The Bertz CT molecular complexity index is 625. The van der Waals surface area contributed by atoms with E-state index in [1.54, 1.807) is 12.1 Å². The molecule has 0 spiro atoms. The Balaban J connectivity index is 1.78. The smallest absolute Gasteiger partial charge is 0.257 e. The van der Waals surface area contributed by atoms with Crippen LogP contribution in [0.4, 0.5) is 0 Å². The van der Waals surface area contributed by atoms with E-state index in [-0.39, 0.29) is 11.9 Å². The van der Waals surface area contributed by atoms with Gasteiger partial charge in [-0.3, -0.25) is 4.79 Å². The number of hydrogen-bond donors (Lipinski definition) is 1. The molecule has 0 saturated carbocycles. The maximum Gasteiger partial charge on any atom is 0.257 e. The van der Waals surface area contributed by atoms with Crippen LogP contribution in [-0.4, -0.2) is 5.91 Å². The lowest BCUT2D eigenvalue weighted by Gasteiger charge is -2.13. The largest absolute Gasteiger partial charge is 0.619 e. The molecule has 0 radical (unpaired) electrons. The van der Waals surface area contributed by atoms with Crippen LogP contribution in [0, 0.1) is 5.21 Å². The predicted octanol–water partition coefficient (Wildman–Crippen LogP) is 1.74. The summed E-state index contributed by atoms with van der Waals surface area (Å²) in [5.74, 6) is -0.202. The number of benzene rings is 1. The summed E-state index contributed by atoms with van der Waals surface area (Å²) in [6, 6.07) is 11.4. The van der Waals surface area contributed by atoms with Crippen molar-refractivity contribution in [3.05, 3.63) is 70.7 Å². The Morgan fingerprint density at radius 1 is 1.26 bits per heavy atom. The second-order valence-electron chi connectivity index (χ2n) is 4.72. The Kier molecular flexibility index (Phi) is 2.91. The Morgan fingerprint density at radius 2 is 2.11 bits per heavy atom. The Hall–Kier alpha value is -2.36. The van der Waals surface area contributed by atoms with Crippen molar-refractivity contribution in [1.29, 1.82) is 0 Å². The molecule has 0 aliphatic heterocycles. The average molecular weight is 254 g/mol. The third kappa shape index (κ3) is 2.29. The van der Waals surface area contributed by atoms with E-state index in [1.165, 1.54) is 23.5 Å². The minimum Gasteiger partial charge on any atom is -0.619 e. The van der Waals surface area contributed by atoms with Gasteiger partial charge in [-0.05, 0) is 30.0 Å². The number of aryl methyl sites for hydroxylation is 1. The first-order chi connectivity index (χ1) is 9.24. The number of fused-ring (bicyclic) bond motifs is 1. The highest BCUT2D eigenvalue weighted by molar-refractivity contribution is 5.93. The highest BCUT2D eigenvalue weighted by Crippen LogP contribution is 2.30. The van der Waals surface area contributed by atoms with Gasteiger partial charge in [-0.1, -0.05) is 24.3 Å². The molecular formula is C15H14N2O2. The summed E-state index contributed by atoms with van der Waals surface area (Å²) in [5, 5.41) is 14.2. The first kappa shape index (κ1) is 11.7. The molecule has 1 aromatic carbocycles. The van der Waals surface area contributed by atoms with Crippen LogP contribution in [0.15, 0.2) is 48.8 Å². The number of carbonyl (C=O) groups is 1. The fourth-order valence-electron chi connectivity index (χ4n) is 2.54. The number of amides is 1. The first-order valence-corrected chi connectivity index (χ1v) is 6.31. The summed E-state index contributed by atoms with van der Waals surface area (Å²) in [7, 11) is 0. The van der Waals surface area contributed by atoms with Crippen LogP contribution in [0.2, 0.25) is 0 Å². The predicted molar refractivity (Wildman–Crippen MR) is 70.4 cm³/mol. The van der Waals surface area contributed by atoms with Gasteiger partial charge in [0.15, 0.2) is 12.4 Å². The summed E-state index contributed by atoms with van der Waals surface area (Å²) < 4.78 is 0.636. The molecule has 4 heteroatoms. The van der Waals surface area contributed by atoms with Crippen LogP contribution in [0.3, 0.4) is 0 Å².